The van der Waals surface area contributed by atoms with Crippen LogP contribution < -0.4 is 11.1 Å². The van der Waals surface area contributed by atoms with Crippen molar-refractivity contribution in [3.63, 3.8) is 0 Å². The van der Waals surface area contributed by atoms with Crippen molar-refractivity contribution in [2.75, 3.05) is 19.4 Å². The zero-order valence-electron chi connectivity index (χ0n) is 14.2. The molecule has 2 aromatic rings. The molecule has 2 amide bonds. The lowest BCUT2D eigenvalue weighted by molar-refractivity contribution is -0.385. The van der Waals surface area contributed by atoms with Gasteiger partial charge in [-0.05, 0) is 37.9 Å². The first kappa shape index (κ1) is 19.0. The molecule has 136 valence electrons. The topological polar surface area (TPSA) is 119 Å². The summed E-state index contributed by atoms with van der Waals surface area (Å²) in [7, 11) is 3.65. The predicted molar refractivity (Wildman–Crippen MR) is 93.4 cm³/mol. The van der Waals surface area contributed by atoms with E-state index in [1.54, 1.807) is 6.07 Å². The van der Waals surface area contributed by atoms with E-state index in [0.29, 0.717) is 17.8 Å². The van der Waals surface area contributed by atoms with Crippen molar-refractivity contribution in [3.8, 4) is 0 Å². The Bertz CT molecular complexity index is 883. The standard InChI is InChI=1S/C17H17FN4O4/c1-21(2)9-11-4-3-10(16(19)23)7-15(11)20-17(24)12-5-13(18)8-14(6-12)22(25)26/h3-8H,9H2,1-2H3,(H2,19,23)(H,20,24). The minimum absolute atomic E-state index is 0.188. The fraction of sp³-hybridized carbons (Fsp3) is 0.176. The molecule has 0 atom stereocenters. The Morgan fingerprint density at radius 3 is 2.46 bits per heavy atom. The van der Waals surface area contributed by atoms with Gasteiger partial charge in [0.15, 0.2) is 0 Å². The second-order valence-electron chi connectivity index (χ2n) is 5.88. The molecule has 0 aliphatic rings. The average molecular weight is 360 g/mol. The van der Waals surface area contributed by atoms with Gasteiger partial charge in [0.25, 0.3) is 11.6 Å². The average Bonchev–Trinajstić information content (AvgIpc) is 2.55. The number of nitro benzene ring substituents is 1. The van der Waals surface area contributed by atoms with Crippen LogP contribution >= 0.6 is 0 Å². The third-order valence-electron chi connectivity index (χ3n) is 3.48. The molecule has 26 heavy (non-hydrogen) atoms. The molecule has 9 heteroatoms. The molecule has 0 aliphatic carbocycles. The van der Waals surface area contributed by atoms with Gasteiger partial charge in [-0.1, -0.05) is 6.07 Å². The highest BCUT2D eigenvalue weighted by Gasteiger charge is 2.17. The van der Waals surface area contributed by atoms with Gasteiger partial charge in [-0.2, -0.15) is 0 Å². The van der Waals surface area contributed by atoms with Crippen LogP contribution in [0.5, 0.6) is 0 Å². The molecular weight excluding hydrogens is 343 g/mol. The first-order chi connectivity index (χ1) is 12.2. The maximum Gasteiger partial charge on any atom is 0.273 e. The number of hydrogen-bond donors (Lipinski definition) is 2. The van der Waals surface area contributed by atoms with E-state index in [1.807, 2.05) is 19.0 Å². The van der Waals surface area contributed by atoms with Crippen LogP contribution in [0.4, 0.5) is 15.8 Å². The number of nitrogens with zero attached hydrogens (tertiary/aromatic N) is 2. The first-order valence-corrected chi connectivity index (χ1v) is 7.51. The van der Waals surface area contributed by atoms with E-state index in [9.17, 15) is 24.1 Å². The van der Waals surface area contributed by atoms with Crippen molar-refractivity contribution >= 4 is 23.2 Å². The van der Waals surface area contributed by atoms with Crippen molar-refractivity contribution in [1.82, 2.24) is 4.90 Å². The van der Waals surface area contributed by atoms with Crippen LogP contribution in [0.1, 0.15) is 26.3 Å². The molecule has 0 heterocycles. The van der Waals surface area contributed by atoms with Gasteiger partial charge in [0.05, 0.1) is 11.0 Å². The molecule has 2 rings (SSSR count). The van der Waals surface area contributed by atoms with Crippen LogP contribution in [0.3, 0.4) is 0 Å². The second-order valence-corrected chi connectivity index (χ2v) is 5.88. The van der Waals surface area contributed by atoms with Gasteiger partial charge in [0.2, 0.25) is 5.91 Å². The van der Waals surface area contributed by atoms with Crippen molar-refractivity contribution in [3.05, 3.63) is 69.0 Å². The van der Waals surface area contributed by atoms with Crippen LogP contribution in [0.2, 0.25) is 0 Å². The Kier molecular flexibility index (Phi) is 5.63. The third kappa shape index (κ3) is 4.61. The van der Waals surface area contributed by atoms with E-state index in [0.717, 1.165) is 18.2 Å². The van der Waals surface area contributed by atoms with Gasteiger partial charge in [0, 0.05) is 29.4 Å². The quantitative estimate of drug-likeness (QED) is 0.604. The molecule has 0 saturated heterocycles. The third-order valence-corrected chi connectivity index (χ3v) is 3.48. The van der Waals surface area contributed by atoms with Crippen molar-refractivity contribution < 1.29 is 18.9 Å². The van der Waals surface area contributed by atoms with Crippen LogP contribution in [-0.4, -0.2) is 35.7 Å². The lowest BCUT2D eigenvalue weighted by Crippen LogP contribution is -2.18. The number of rotatable bonds is 6. The number of carbonyl (C=O) groups is 2. The summed E-state index contributed by atoms with van der Waals surface area (Å²) in [6.45, 7) is 0.456. The molecule has 0 unspecified atom stereocenters. The number of primary amides is 1. The first-order valence-electron chi connectivity index (χ1n) is 7.51. The molecular formula is C17H17FN4O4. The van der Waals surface area contributed by atoms with Crippen LogP contribution in [-0.2, 0) is 6.54 Å². The molecule has 8 nitrogen and oxygen atoms in total. The number of carbonyl (C=O) groups excluding carboxylic acids is 2. The van der Waals surface area contributed by atoms with Crippen molar-refractivity contribution in [1.29, 1.82) is 0 Å². The van der Waals surface area contributed by atoms with Gasteiger partial charge < -0.3 is 16.0 Å². The molecule has 0 aromatic heterocycles. The maximum absolute atomic E-state index is 13.6. The lowest BCUT2D eigenvalue weighted by atomic mass is 10.1. The summed E-state index contributed by atoms with van der Waals surface area (Å²) < 4.78 is 13.6. The van der Waals surface area contributed by atoms with Gasteiger partial charge in [0.1, 0.15) is 5.82 Å². The lowest BCUT2D eigenvalue weighted by Gasteiger charge is -2.16. The second kappa shape index (κ2) is 7.70. The number of anilines is 1. The summed E-state index contributed by atoms with van der Waals surface area (Å²) in [4.78, 5) is 35.7. The normalized spacial score (nSPS) is 10.6. The zero-order valence-corrected chi connectivity index (χ0v) is 14.2. The summed E-state index contributed by atoms with van der Waals surface area (Å²) in [5.41, 5.74) is 5.71. The number of nitrogens with two attached hydrogens (primary N) is 1. The Hall–Kier alpha value is -3.33. The molecule has 0 bridgehead atoms. The fourth-order valence-electron chi connectivity index (χ4n) is 2.33. The Morgan fingerprint density at radius 1 is 1.19 bits per heavy atom. The Balaban J connectivity index is 2.40. The Labute approximate surface area is 148 Å². The van der Waals surface area contributed by atoms with Crippen molar-refractivity contribution in [2.45, 2.75) is 6.54 Å². The van der Waals surface area contributed by atoms with Crippen LogP contribution in [0.25, 0.3) is 0 Å². The summed E-state index contributed by atoms with van der Waals surface area (Å²) in [5, 5.41) is 13.4. The van der Waals surface area contributed by atoms with E-state index in [-0.39, 0.29) is 11.1 Å². The SMILES string of the molecule is CN(C)Cc1ccc(C(N)=O)cc1NC(=O)c1cc(F)cc([N+](=O)[O-])c1. The highest BCUT2D eigenvalue weighted by atomic mass is 19.1. The van der Waals surface area contributed by atoms with Gasteiger partial charge in [-0.25, -0.2) is 4.39 Å². The number of benzene rings is 2. The van der Waals surface area contributed by atoms with E-state index in [2.05, 4.69) is 5.32 Å². The number of hydrogen-bond acceptors (Lipinski definition) is 5. The van der Waals surface area contributed by atoms with E-state index in [1.165, 1.54) is 12.1 Å². The van der Waals surface area contributed by atoms with Crippen molar-refractivity contribution in [2.24, 2.45) is 5.73 Å². The van der Waals surface area contributed by atoms with E-state index < -0.39 is 28.2 Å². The smallest absolute Gasteiger partial charge is 0.273 e. The molecule has 0 aliphatic heterocycles. The zero-order chi connectivity index (χ0) is 19.4. The van der Waals surface area contributed by atoms with Gasteiger partial charge in [-0.3, -0.25) is 19.7 Å². The fourth-order valence-corrected chi connectivity index (χ4v) is 2.33. The van der Waals surface area contributed by atoms with E-state index >= 15 is 0 Å². The molecule has 0 fully saturated rings. The number of non-ortho nitro benzene ring substituents is 1. The highest BCUT2D eigenvalue weighted by molar-refractivity contribution is 6.05. The van der Waals surface area contributed by atoms with Crippen LogP contribution in [0.15, 0.2) is 36.4 Å². The summed E-state index contributed by atoms with van der Waals surface area (Å²) in [5.74, 6) is -2.31. The minimum atomic E-state index is -0.899. The maximum atomic E-state index is 13.6. The van der Waals surface area contributed by atoms with Crippen LogP contribution in [0, 0.1) is 15.9 Å². The summed E-state index contributed by atoms with van der Waals surface area (Å²) >= 11 is 0. The van der Waals surface area contributed by atoms with Gasteiger partial charge >= 0.3 is 0 Å². The molecule has 0 saturated carbocycles. The van der Waals surface area contributed by atoms with E-state index in [4.69, 9.17) is 5.73 Å². The number of halogens is 1. The molecule has 3 N–H and O–H groups in total. The molecule has 0 radical (unpaired) electrons. The number of nitro groups is 1. The highest BCUT2D eigenvalue weighted by Crippen LogP contribution is 2.22. The molecule has 2 aromatic carbocycles. The predicted octanol–water partition coefficient (Wildman–Crippen LogP) is 2.15. The number of nitrogens with one attached hydrogen (secondary N) is 1. The largest absolute Gasteiger partial charge is 0.366 e. The molecule has 0 spiro atoms. The summed E-state index contributed by atoms with van der Waals surface area (Å²) in [6.07, 6.45) is 0. The van der Waals surface area contributed by atoms with Gasteiger partial charge in [-0.15, -0.1) is 0 Å². The number of amides is 2. The minimum Gasteiger partial charge on any atom is -0.366 e. The summed E-state index contributed by atoms with van der Waals surface area (Å²) in [6, 6.07) is 7.18. The monoisotopic (exact) mass is 360 g/mol. The Morgan fingerprint density at radius 2 is 1.88 bits per heavy atom.